The normalized spacial score (nSPS) is 12.2. The topological polar surface area (TPSA) is 149 Å². The van der Waals surface area contributed by atoms with Gasteiger partial charge >= 0.3 is 0 Å². The number of carbonyl (C=O) groups excluding carboxylic acids is 4. The van der Waals surface area contributed by atoms with E-state index in [1.807, 2.05) is 0 Å². The van der Waals surface area contributed by atoms with Crippen LogP contribution in [-0.2, 0) is 35.5 Å². The quantitative estimate of drug-likeness (QED) is 0.0943. The maximum Gasteiger partial charge on any atom is 0.220 e. The van der Waals surface area contributed by atoms with E-state index in [0.717, 1.165) is 0 Å². The molecule has 216 valence electrons. The second-order valence-corrected chi connectivity index (χ2v) is 13.1. The molecule has 0 aromatic rings. The van der Waals surface area contributed by atoms with Gasteiger partial charge in [-0.15, -0.1) is 19.3 Å². The lowest BCUT2D eigenvalue weighted by atomic mass is 9.83. The first-order valence-electron chi connectivity index (χ1n) is 12.8. The van der Waals surface area contributed by atoms with Crippen LogP contribution >= 0.6 is 6.49 Å². The van der Waals surface area contributed by atoms with Gasteiger partial charge in [-0.3, -0.25) is 19.2 Å². The van der Waals surface area contributed by atoms with Crippen molar-refractivity contribution in [1.29, 1.82) is 0 Å². The summed E-state index contributed by atoms with van der Waals surface area (Å²) >= 11 is 4.99. The first-order valence-corrected chi connectivity index (χ1v) is 15.5. The van der Waals surface area contributed by atoms with E-state index in [0.29, 0.717) is 12.8 Å². The number of unbranched alkanes of at least 4 members (excludes halogenated alkanes) is 1. The zero-order valence-corrected chi connectivity index (χ0v) is 24.5. The summed E-state index contributed by atoms with van der Waals surface area (Å²) in [5.74, 6) is 5.67. The molecule has 12 heteroatoms. The van der Waals surface area contributed by atoms with Crippen LogP contribution in [0, 0.1) is 37.0 Å². The molecule has 0 fully saturated rings. The molecule has 0 bridgehead atoms. The number of amides is 4. The highest BCUT2D eigenvalue weighted by Gasteiger charge is 2.33. The SMILES string of the molecule is C#CCNC(=O)CCC(CCC(=O)NCC#C)(CCC(=O)NCC#C)NC(=O)CCCCOP([O-])(=S)C(C)C. The van der Waals surface area contributed by atoms with Gasteiger partial charge in [0.15, 0.2) is 0 Å². The van der Waals surface area contributed by atoms with Crippen molar-refractivity contribution in [3.63, 3.8) is 0 Å². The molecule has 0 heterocycles. The van der Waals surface area contributed by atoms with E-state index in [2.05, 4.69) is 39.0 Å². The van der Waals surface area contributed by atoms with Crippen molar-refractivity contribution in [3.05, 3.63) is 0 Å². The van der Waals surface area contributed by atoms with Crippen LogP contribution in [0.4, 0.5) is 0 Å². The summed E-state index contributed by atoms with van der Waals surface area (Å²) in [4.78, 5) is 62.0. The molecule has 0 aliphatic heterocycles. The average Bonchev–Trinajstić information content (AvgIpc) is 2.89. The van der Waals surface area contributed by atoms with Gasteiger partial charge in [-0.05, 0) is 44.3 Å². The second-order valence-electron chi connectivity index (χ2n) is 9.19. The van der Waals surface area contributed by atoms with Crippen LogP contribution in [-0.4, -0.2) is 61.1 Å². The molecule has 0 saturated heterocycles. The molecule has 4 N–H and O–H groups in total. The molecule has 0 saturated carbocycles. The van der Waals surface area contributed by atoms with Crippen LogP contribution in [0.5, 0.6) is 0 Å². The van der Waals surface area contributed by atoms with Crippen LogP contribution in [0.2, 0.25) is 0 Å². The zero-order valence-electron chi connectivity index (χ0n) is 22.8. The third kappa shape index (κ3) is 17.4. The first-order chi connectivity index (χ1) is 18.4. The number of rotatable bonds is 20. The fourth-order valence-corrected chi connectivity index (χ4v) is 4.33. The fourth-order valence-electron chi connectivity index (χ4n) is 3.42. The highest BCUT2D eigenvalue weighted by atomic mass is 32.5. The van der Waals surface area contributed by atoms with E-state index < -0.39 is 12.0 Å². The van der Waals surface area contributed by atoms with E-state index in [9.17, 15) is 24.1 Å². The predicted molar refractivity (Wildman–Crippen MR) is 153 cm³/mol. The Bertz CT molecular complexity index is 912. The summed E-state index contributed by atoms with van der Waals surface area (Å²) in [6.45, 7) is 0.672. The molecule has 10 nitrogen and oxygen atoms in total. The molecule has 1 unspecified atom stereocenters. The van der Waals surface area contributed by atoms with Crippen LogP contribution in [0.1, 0.15) is 71.6 Å². The summed E-state index contributed by atoms with van der Waals surface area (Å²) < 4.78 is 5.33. The molecule has 0 aliphatic rings. The van der Waals surface area contributed by atoms with Crippen molar-refractivity contribution in [2.45, 2.75) is 82.8 Å². The smallest absolute Gasteiger partial charge is 0.220 e. The maximum atomic E-state index is 13.0. The lowest BCUT2D eigenvalue weighted by Gasteiger charge is -2.35. The minimum absolute atomic E-state index is 0.0110. The molecule has 0 aromatic heterocycles. The average molecular weight is 580 g/mol. The van der Waals surface area contributed by atoms with Crippen LogP contribution in [0.15, 0.2) is 0 Å². The van der Waals surface area contributed by atoms with Crippen molar-refractivity contribution in [3.8, 4) is 37.0 Å². The second kappa shape index (κ2) is 20.1. The van der Waals surface area contributed by atoms with Crippen LogP contribution < -0.4 is 26.2 Å². The number of carbonyl (C=O) groups is 4. The minimum Gasteiger partial charge on any atom is -0.801 e. The Balaban J connectivity index is 5.52. The highest BCUT2D eigenvalue weighted by molar-refractivity contribution is 8.09. The Hall–Kier alpha value is -2.87. The number of hydrogen-bond donors (Lipinski definition) is 4. The van der Waals surface area contributed by atoms with Gasteiger partial charge in [0.2, 0.25) is 23.6 Å². The zero-order chi connectivity index (χ0) is 29.7. The lowest BCUT2D eigenvalue weighted by Crippen LogP contribution is -2.50. The van der Waals surface area contributed by atoms with Gasteiger partial charge in [0.25, 0.3) is 0 Å². The third-order valence-electron chi connectivity index (χ3n) is 5.76. The van der Waals surface area contributed by atoms with Crippen molar-refractivity contribution in [2.24, 2.45) is 0 Å². The van der Waals surface area contributed by atoms with Crippen LogP contribution in [0.25, 0.3) is 0 Å². The standard InChI is InChI=1S/C27H41N4O6PS/c1-6-18-28-23(32)12-15-27(16-13-24(33)29-19-7-2,17-14-25(34)30-20-8-3)31-26(35)11-9-10-21-37-38(36,39)22(4)5/h1-3,22H,9-21H2,4-5H3,(H,28,32)(H,29,33)(H,30,34)(H,31,35)(H,36,39)/p-1. The number of hydrogen-bond acceptors (Lipinski definition) is 7. The summed E-state index contributed by atoms with van der Waals surface area (Å²) in [7, 11) is 0. The van der Waals surface area contributed by atoms with Crippen molar-refractivity contribution >= 4 is 41.9 Å². The van der Waals surface area contributed by atoms with Gasteiger partial charge in [-0.25, -0.2) is 0 Å². The van der Waals surface area contributed by atoms with Gasteiger partial charge in [0.05, 0.1) is 26.2 Å². The van der Waals surface area contributed by atoms with Gasteiger partial charge < -0.3 is 30.7 Å². The molecule has 0 rings (SSSR count). The third-order valence-corrected chi connectivity index (χ3v) is 9.15. The Morgan fingerprint density at radius 2 is 1.21 bits per heavy atom. The maximum absolute atomic E-state index is 13.0. The molecule has 1 atom stereocenters. The molecule has 0 radical (unpaired) electrons. The number of nitrogens with one attached hydrogen (secondary N) is 4. The Morgan fingerprint density at radius 3 is 1.56 bits per heavy atom. The Morgan fingerprint density at radius 1 is 0.795 bits per heavy atom. The lowest BCUT2D eigenvalue weighted by molar-refractivity contribution is -0.184. The Labute approximate surface area is 237 Å². The van der Waals surface area contributed by atoms with E-state index in [4.69, 9.17) is 35.6 Å². The van der Waals surface area contributed by atoms with Crippen molar-refractivity contribution in [2.75, 3.05) is 26.2 Å². The number of terminal acetylenes is 3. The summed E-state index contributed by atoms with van der Waals surface area (Å²) in [6.07, 6.45) is 17.1. The molecule has 0 aromatic carbocycles. The predicted octanol–water partition coefficient (Wildman–Crippen LogP) is 0.695. The molecule has 0 spiro atoms. The first kappa shape index (κ1) is 36.1. The Kier molecular flexibility index (Phi) is 18.6. The molecular formula is C27H40N4O6PS-. The van der Waals surface area contributed by atoms with E-state index in [1.54, 1.807) is 13.8 Å². The molecule has 4 amide bonds. The summed E-state index contributed by atoms with van der Waals surface area (Å²) in [6, 6.07) is 0. The molecular weight excluding hydrogens is 539 g/mol. The van der Waals surface area contributed by atoms with Gasteiger partial charge in [0, 0.05) is 31.2 Å². The highest BCUT2D eigenvalue weighted by Crippen LogP contribution is 2.42. The summed E-state index contributed by atoms with van der Waals surface area (Å²) in [5, 5.41) is 10.7. The van der Waals surface area contributed by atoms with Crippen LogP contribution in [0.3, 0.4) is 0 Å². The fraction of sp³-hybridized carbons (Fsp3) is 0.630. The largest absolute Gasteiger partial charge is 0.801 e. The van der Waals surface area contributed by atoms with Gasteiger partial charge in [-0.1, -0.05) is 43.4 Å². The molecule has 0 aliphatic carbocycles. The van der Waals surface area contributed by atoms with E-state index >= 15 is 0 Å². The van der Waals surface area contributed by atoms with Crippen molar-refractivity contribution < 1.29 is 28.6 Å². The van der Waals surface area contributed by atoms with E-state index in [1.165, 1.54) is 0 Å². The van der Waals surface area contributed by atoms with Gasteiger partial charge in [0.1, 0.15) is 0 Å². The van der Waals surface area contributed by atoms with E-state index in [-0.39, 0.29) is 100 Å². The summed E-state index contributed by atoms with van der Waals surface area (Å²) in [5.41, 5.74) is -1.32. The molecule has 39 heavy (non-hydrogen) atoms. The van der Waals surface area contributed by atoms with Crippen molar-refractivity contribution in [1.82, 2.24) is 21.3 Å². The van der Waals surface area contributed by atoms with Gasteiger partial charge in [-0.2, -0.15) is 0 Å². The minimum atomic E-state index is -3.11. The monoisotopic (exact) mass is 579 g/mol.